The van der Waals surface area contributed by atoms with Crippen LogP contribution in [0.1, 0.15) is 40.0 Å². The predicted molar refractivity (Wildman–Crippen MR) is 78.0 cm³/mol. The van der Waals surface area contributed by atoms with Gasteiger partial charge in [-0.05, 0) is 37.3 Å². The minimum Gasteiger partial charge on any atom is -0.384 e. The Morgan fingerprint density at radius 3 is 2.78 bits per heavy atom. The summed E-state index contributed by atoms with van der Waals surface area (Å²) in [6, 6.07) is 0. The zero-order chi connectivity index (χ0) is 13.4. The molecule has 0 aromatic heterocycles. The fraction of sp³-hybridized carbons (Fsp3) is 1.00. The van der Waals surface area contributed by atoms with Crippen molar-refractivity contribution in [2.45, 2.75) is 40.0 Å². The van der Waals surface area contributed by atoms with Crippen LogP contribution in [0.15, 0.2) is 0 Å². The smallest absolute Gasteiger partial charge is 0.0503 e. The van der Waals surface area contributed by atoms with Crippen LogP contribution < -0.4 is 5.32 Å². The van der Waals surface area contributed by atoms with E-state index in [0.717, 1.165) is 25.6 Å². The van der Waals surface area contributed by atoms with E-state index in [2.05, 4.69) is 31.0 Å². The summed E-state index contributed by atoms with van der Waals surface area (Å²) in [7, 11) is 1.81. The van der Waals surface area contributed by atoms with Crippen LogP contribution in [0.5, 0.6) is 0 Å². The lowest BCUT2D eigenvalue weighted by Gasteiger charge is -2.34. The number of nitrogens with one attached hydrogen (secondary N) is 1. The average Bonchev–Trinajstić information content (AvgIpc) is 2.75. The van der Waals surface area contributed by atoms with E-state index >= 15 is 0 Å². The third-order valence-electron chi connectivity index (χ3n) is 4.03. The molecule has 1 aliphatic heterocycles. The molecule has 3 nitrogen and oxygen atoms in total. The number of ether oxygens (including phenoxy) is 1. The molecule has 1 fully saturated rings. The Hall–Kier alpha value is -0.120. The zero-order valence-electron chi connectivity index (χ0n) is 12.8. The van der Waals surface area contributed by atoms with E-state index < -0.39 is 0 Å². The molecular formula is C15H32N2O. The summed E-state index contributed by atoms with van der Waals surface area (Å²) in [6.45, 7) is 13.8. The van der Waals surface area contributed by atoms with Gasteiger partial charge in [-0.15, -0.1) is 0 Å². The fourth-order valence-corrected chi connectivity index (χ4v) is 3.22. The van der Waals surface area contributed by atoms with E-state index in [1.165, 1.54) is 38.9 Å². The van der Waals surface area contributed by atoms with E-state index in [9.17, 15) is 0 Å². The Kier molecular flexibility index (Phi) is 7.20. The molecule has 1 N–H and O–H groups in total. The van der Waals surface area contributed by atoms with Crippen LogP contribution in [0.4, 0.5) is 0 Å². The van der Waals surface area contributed by atoms with Crippen molar-refractivity contribution in [3.63, 3.8) is 0 Å². The third-order valence-corrected chi connectivity index (χ3v) is 4.03. The van der Waals surface area contributed by atoms with Gasteiger partial charge in [-0.1, -0.05) is 27.2 Å². The summed E-state index contributed by atoms with van der Waals surface area (Å²) in [4.78, 5) is 2.64. The SMILES string of the molecule is CCCC(C)(CNCC)CN1CCC(COC)C1. The van der Waals surface area contributed by atoms with Gasteiger partial charge in [-0.3, -0.25) is 0 Å². The molecule has 0 bridgehead atoms. The quantitative estimate of drug-likeness (QED) is 0.685. The molecule has 108 valence electrons. The molecular weight excluding hydrogens is 224 g/mol. The molecule has 3 heteroatoms. The van der Waals surface area contributed by atoms with Gasteiger partial charge in [-0.25, -0.2) is 0 Å². The van der Waals surface area contributed by atoms with Gasteiger partial charge in [0.15, 0.2) is 0 Å². The maximum absolute atomic E-state index is 5.28. The molecule has 1 aliphatic rings. The van der Waals surface area contributed by atoms with Gasteiger partial charge in [0.2, 0.25) is 0 Å². The number of hydrogen-bond acceptors (Lipinski definition) is 3. The highest BCUT2D eigenvalue weighted by Gasteiger charge is 2.30. The lowest BCUT2D eigenvalue weighted by atomic mass is 9.85. The summed E-state index contributed by atoms with van der Waals surface area (Å²) in [5.74, 6) is 0.750. The van der Waals surface area contributed by atoms with Crippen molar-refractivity contribution in [1.82, 2.24) is 10.2 Å². The number of methoxy groups -OCH3 is 1. The van der Waals surface area contributed by atoms with Gasteiger partial charge in [-0.2, -0.15) is 0 Å². The number of rotatable bonds is 9. The van der Waals surface area contributed by atoms with Crippen LogP contribution in [0.3, 0.4) is 0 Å². The summed E-state index contributed by atoms with van der Waals surface area (Å²) < 4.78 is 5.28. The first kappa shape index (κ1) is 15.9. The topological polar surface area (TPSA) is 24.5 Å². The predicted octanol–water partition coefficient (Wildman–Crippen LogP) is 2.37. The highest BCUT2D eigenvalue weighted by atomic mass is 16.5. The average molecular weight is 256 g/mol. The standard InChI is InChI=1S/C15H32N2O/c1-5-8-15(3,12-16-6-2)13-17-9-7-14(10-17)11-18-4/h14,16H,5-13H2,1-4H3. The third kappa shape index (κ3) is 5.25. The van der Waals surface area contributed by atoms with E-state index in [0.29, 0.717) is 5.41 Å². The molecule has 1 saturated heterocycles. The summed E-state index contributed by atoms with van der Waals surface area (Å²) in [5.41, 5.74) is 0.423. The van der Waals surface area contributed by atoms with Crippen LogP contribution in [-0.2, 0) is 4.74 Å². The second-order valence-electron chi connectivity index (χ2n) is 6.19. The molecule has 2 unspecified atom stereocenters. The maximum Gasteiger partial charge on any atom is 0.0503 e. The van der Waals surface area contributed by atoms with Gasteiger partial charge in [0.25, 0.3) is 0 Å². The molecule has 0 radical (unpaired) electrons. The lowest BCUT2D eigenvalue weighted by molar-refractivity contribution is 0.138. The lowest BCUT2D eigenvalue weighted by Crippen LogP contribution is -2.41. The van der Waals surface area contributed by atoms with Crippen molar-refractivity contribution in [2.75, 3.05) is 46.4 Å². The van der Waals surface area contributed by atoms with E-state index in [1.807, 2.05) is 7.11 Å². The Labute approximate surface area is 113 Å². The van der Waals surface area contributed by atoms with E-state index in [4.69, 9.17) is 4.74 Å². The summed E-state index contributed by atoms with van der Waals surface area (Å²) >= 11 is 0. The summed E-state index contributed by atoms with van der Waals surface area (Å²) in [6.07, 6.45) is 3.89. The first-order valence-electron chi connectivity index (χ1n) is 7.55. The van der Waals surface area contributed by atoms with Crippen LogP contribution >= 0.6 is 0 Å². The van der Waals surface area contributed by atoms with E-state index in [-0.39, 0.29) is 0 Å². The van der Waals surface area contributed by atoms with E-state index in [1.54, 1.807) is 0 Å². The number of hydrogen-bond donors (Lipinski definition) is 1. The van der Waals surface area contributed by atoms with Crippen molar-refractivity contribution in [3.8, 4) is 0 Å². The van der Waals surface area contributed by atoms with Crippen molar-refractivity contribution in [3.05, 3.63) is 0 Å². The van der Waals surface area contributed by atoms with Crippen molar-refractivity contribution in [1.29, 1.82) is 0 Å². The Balaban J connectivity index is 2.41. The summed E-state index contributed by atoms with van der Waals surface area (Å²) in [5, 5.41) is 3.53. The highest BCUT2D eigenvalue weighted by Crippen LogP contribution is 2.27. The second kappa shape index (κ2) is 8.13. The molecule has 1 heterocycles. The highest BCUT2D eigenvalue weighted by molar-refractivity contribution is 4.84. The van der Waals surface area contributed by atoms with Crippen molar-refractivity contribution < 1.29 is 4.74 Å². The van der Waals surface area contributed by atoms with Crippen LogP contribution in [-0.4, -0.2) is 51.3 Å². The molecule has 2 atom stereocenters. The van der Waals surface area contributed by atoms with Crippen LogP contribution in [0, 0.1) is 11.3 Å². The first-order valence-corrected chi connectivity index (χ1v) is 7.55. The number of likely N-dealkylation sites (tertiary alicyclic amines) is 1. The normalized spacial score (nSPS) is 24.3. The molecule has 0 aromatic carbocycles. The monoisotopic (exact) mass is 256 g/mol. The zero-order valence-corrected chi connectivity index (χ0v) is 12.8. The molecule has 0 amide bonds. The van der Waals surface area contributed by atoms with Gasteiger partial charge < -0.3 is 15.0 Å². The Bertz CT molecular complexity index is 223. The van der Waals surface area contributed by atoms with Crippen molar-refractivity contribution >= 4 is 0 Å². The van der Waals surface area contributed by atoms with Gasteiger partial charge in [0.1, 0.15) is 0 Å². The molecule has 0 saturated carbocycles. The first-order chi connectivity index (χ1) is 8.63. The molecule has 0 aromatic rings. The fourth-order valence-electron chi connectivity index (χ4n) is 3.22. The largest absolute Gasteiger partial charge is 0.384 e. The van der Waals surface area contributed by atoms with Gasteiger partial charge in [0, 0.05) is 26.7 Å². The Morgan fingerprint density at radius 1 is 1.39 bits per heavy atom. The van der Waals surface area contributed by atoms with Crippen LogP contribution in [0.2, 0.25) is 0 Å². The molecule has 1 rings (SSSR count). The molecule has 18 heavy (non-hydrogen) atoms. The van der Waals surface area contributed by atoms with Gasteiger partial charge in [0.05, 0.1) is 6.61 Å². The van der Waals surface area contributed by atoms with Gasteiger partial charge >= 0.3 is 0 Å². The molecule has 0 spiro atoms. The number of nitrogens with zero attached hydrogens (tertiary/aromatic N) is 1. The molecule has 0 aliphatic carbocycles. The van der Waals surface area contributed by atoms with Crippen LogP contribution in [0.25, 0.3) is 0 Å². The Morgan fingerprint density at radius 2 is 2.17 bits per heavy atom. The van der Waals surface area contributed by atoms with Crippen molar-refractivity contribution in [2.24, 2.45) is 11.3 Å². The maximum atomic E-state index is 5.28. The second-order valence-corrected chi connectivity index (χ2v) is 6.19. The minimum atomic E-state index is 0.423. The minimum absolute atomic E-state index is 0.423.